The minimum absolute atomic E-state index is 0.511. The Balaban J connectivity index is 1.52. The molecule has 2 heteroatoms. The van der Waals surface area contributed by atoms with Crippen molar-refractivity contribution in [3.63, 3.8) is 0 Å². The summed E-state index contributed by atoms with van der Waals surface area (Å²) in [4.78, 5) is 0. The van der Waals surface area contributed by atoms with Gasteiger partial charge in [-0.3, -0.25) is 0 Å². The molecule has 2 nitrogen and oxygen atoms in total. The van der Waals surface area contributed by atoms with Gasteiger partial charge in [-0.15, -0.1) is 6.58 Å². The Kier molecular flexibility index (Phi) is 1.67. The Labute approximate surface area is 90.6 Å². The van der Waals surface area contributed by atoms with E-state index < -0.39 is 0 Å². The van der Waals surface area contributed by atoms with Crippen molar-refractivity contribution in [3.8, 4) is 0 Å². The average molecular weight is 206 g/mol. The van der Waals surface area contributed by atoms with Gasteiger partial charge in [0.2, 0.25) is 0 Å². The second kappa shape index (κ2) is 2.86. The van der Waals surface area contributed by atoms with Crippen molar-refractivity contribution in [3.05, 3.63) is 12.7 Å². The summed E-state index contributed by atoms with van der Waals surface area (Å²) in [5.41, 5.74) is 0. The van der Waals surface area contributed by atoms with Gasteiger partial charge in [-0.05, 0) is 42.9 Å². The van der Waals surface area contributed by atoms with Crippen molar-refractivity contribution in [2.45, 2.75) is 37.6 Å². The molecule has 3 aliphatic carbocycles. The minimum Gasteiger partial charge on any atom is -0.374 e. The van der Waals surface area contributed by atoms with Crippen molar-refractivity contribution < 1.29 is 9.47 Å². The molecule has 82 valence electrons. The molecule has 7 atom stereocenters. The summed E-state index contributed by atoms with van der Waals surface area (Å²) in [5.74, 6) is 3.59. The fraction of sp³-hybridized carbons (Fsp3) is 0.846. The highest BCUT2D eigenvalue weighted by Crippen LogP contribution is 2.64. The van der Waals surface area contributed by atoms with E-state index in [4.69, 9.17) is 9.47 Å². The smallest absolute Gasteiger partial charge is 0.0876 e. The second-order valence-corrected chi connectivity index (χ2v) is 5.67. The molecular weight excluding hydrogens is 188 g/mol. The standard InChI is InChI=1S/C13H18O2/c1-2-3-14-10-5-7-4-9(10)12-8(7)6-11-13(12)15-11/h2,7-13H,1,3-6H2/t7-,8+,9-,10+,11+,12-,13-/m0/s1. The van der Waals surface area contributed by atoms with Crippen LogP contribution in [0.4, 0.5) is 0 Å². The van der Waals surface area contributed by atoms with Crippen molar-refractivity contribution in [1.29, 1.82) is 0 Å². The normalized spacial score (nSPS) is 59.1. The van der Waals surface area contributed by atoms with Crippen molar-refractivity contribution >= 4 is 0 Å². The van der Waals surface area contributed by atoms with Crippen LogP contribution in [0.2, 0.25) is 0 Å². The van der Waals surface area contributed by atoms with Gasteiger partial charge in [0, 0.05) is 0 Å². The third-order valence-electron chi connectivity index (χ3n) is 5.12. The minimum atomic E-state index is 0.511. The Morgan fingerprint density at radius 1 is 1.27 bits per heavy atom. The van der Waals surface area contributed by atoms with E-state index in [9.17, 15) is 0 Å². The number of hydrogen-bond donors (Lipinski definition) is 0. The van der Waals surface area contributed by atoms with Gasteiger partial charge >= 0.3 is 0 Å². The van der Waals surface area contributed by atoms with E-state index in [2.05, 4.69) is 6.58 Å². The molecule has 3 saturated carbocycles. The lowest BCUT2D eigenvalue weighted by molar-refractivity contribution is -0.0107. The molecule has 0 aromatic heterocycles. The maximum absolute atomic E-state index is 5.89. The van der Waals surface area contributed by atoms with E-state index >= 15 is 0 Å². The van der Waals surface area contributed by atoms with Crippen molar-refractivity contribution in [1.82, 2.24) is 0 Å². The summed E-state index contributed by atoms with van der Waals surface area (Å²) < 4.78 is 11.6. The first kappa shape index (κ1) is 8.77. The molecule has 0 radical (unpaired) electrons. The SMILES string of the molecule is C=CCO[C@@H]1C[C@@H]2C[C@@H]1[C@@H]1[C@@H]2C[C@H]2O[C@H]12. The first-order valence-electron chi connectivity index (χ1n) is 6.26. The van der Waals surface area contributed by atoms with E-state index in [0.29, 0.717) is 18.3 Å². The van der Waals surface area contributed by atoms with E-state index in [1.165, 1.54) is 19.3 Å². The zero-order chi connectivity index (χ0) is 9.99. The third kappa shape index (κ3) is 1.07. The maximum Gasteiger partial charge on any atom is 0.0876 e. The topological polar surface area (TPSA) is 21.8 Å². The van der Waals surface area contributed by atoms with Crippen LogP contribution in [-0.4, -0.2) is 24.9 Å². The summed E-state index contributed by atoms with van der Waals surface area (Å²) in [6.45, 7) is 4.45. The number of hydrogen-bond acceptors (Lipinski definition) is 2. The van der Waals surface area contributed by atoms with Gasteiger partial charge in [-0.25, -0.2) is 0 Å². The Morgan fingerprint density at radius 2 is 2.20 bits per heavy atom. The van der Waals surface area contributed by atoms with Gasteiger partial charge in [0.15, 0.2) is 0 Å². The second-order valence-electron chi connectivity index (χ2n) is 5.67. The first-order valence-corrected chi connectivity index (χ1v) is 6.26. The van der Waals surface area contributed by atoms with Gasteiger partial charge in [0.05, 0.1) is 24.9 Å². The van der Waals surface area contributed by atoms with Crippen LogP contribution in [0.1, 0.15) is 19.3 Å². The summed E-state index contributed by atoms with van der Waals surface area (Å²) in [6.07, 6.45) is 7.71. The van der Waals surface area contributed by atoms with Gasteiger partial charge in [0.25, 0.3) is 0 Å². The first-order chi connectivity index (χ1) is 7.38. The van der Waals surface area contributed by atoms with Gasteiger partial charge < -0.3 is 9.47 Å². The predicted molar refractivity (Wildman–Crippen MR) is 56.4 cm³/mol. The molecule has 0 amide bonds. The zero-order valence-electron chi connectivity index (χ0n) is 8.97. The largest absolute Gasteiger partial charge is 0.374 e. The van der Waals surface area contributed by atoms with Crippen molar-refractivity contribution in [2.24, 2.45) is 23.7 Å². The highest BCUT2D eigenvalue weighted by Gasteiger charge is 2.66. The van der Waals surface area contributed by atoms with E-state index in [1.54, 1.807) is 0 Å². The summed E-state index contributed by atoms with van der Waals surface area (Å²) in [5, 5.41) is 0. The van der Waals surface area contributed by atoms with E-state index in [-0.39, 0.29) is 0 Å². The molecule has 0 aromatic carbocycles. The number of rotatable bonds is 3. The predicted octanol–water partition coefficient (Wildman–Crippen LogP) is 2.00. The number of ether oxygens (including phenoxy) is 2. The quantitative estimate of drug-likeness (QED) is 0.520. The number of fused-ring (bicyclic) bond motifs is 7. The van der Waals surface area contributed by atoms with Crippen LogP contribution in [0.25, 0.3) is 0 Å². The molecule has 4 aliphatic rings. The van der Waals surface area contributed by atoms with Crippen LogP contribution in [-0.2, 0) is 9.47 Å². The highest BCUT2D eigenvalue weighted by atomic mass is 16.6. The molecule has 0 spiro atoms. The molecule has 0 aromatic rings. The molecule has 0 N–H and O–H groups in total. The third-order valence-corrected chi connectivity index (χ3v) is 5.12. The lowest BCUT2D eigenvalue weighted by Crippen LogP contribution is -2.33. The fourth-order valence-electron chi connectivity index (χ4n) is 4.63. The van der Waals surface area contributed by atoms with E-state index in [1.807, 2.05) is 6.08 Å². The Bertz CT molecular complexity index is 301. The molecule has 4 fully saturated rings. The summed E-state index contributed by atoms with van der Waals surface area (Å²) in [7, 11) is 0. The maximum atomic E-state index is 5.89. The lowest BCUT2D eigenvalue weighted by atomic mass is 9.79. The summed E-state index contributed by atoms with van der Waals surface area (Å²) in [6, 6.07) is 0. The molecule has 1 saturated heterocycles. The van der Waals surface area contributed by atoms with Gasteiger partial charge in [-0.2, -0.15) is 0 Å². The van der Waals surface area contributed by atoms with Crippen LogP contribution < -0.4 is 0 Å². The fourth-order valence-corrected chi connectivity index (χ4v) is 4.63. The van der Waals surface area contributed by atoms with Crippen LogP contribution in [0.15, 0.2) is 12.7 Å². The highest BCUT2D eigenvalue weighted by molar-refractivity contribution is 5.14. The van der Waals surface area contributed by atoms with Crippen LogP contribution in [0.5, 0.6) is 0 Å². The summed E-state index contributed by atoms with van der Waals surface area (Å²) >= 11 is 0. The zero-order valence-corrected chi connectivity index (χ0v) is 8.97. The monoisotopic (exact) mass is 206 g/mol. The van der Waals surface area contributed by atoms with Crippen molar-refractivity contribution in [2.75, 3.05) is 6.61 Å². The molecule has 4 rings (SSSR count). The molecule has 15 heavy (non-hydrogen) atoms. The Morgan fingerprint density at radius 3 is 3.07 bits per heavy atom. The van der Waals surface area contributed by atoms with Crippen LogP contribution >= 0.6 is 0 Å². The van der Waals surface area contributed by atoms with Gasteiger partial charge in [0.1, 0.15) is 0 Å². The average Bonchev–Trinajstić information content (AvgIpc) is 2.65. The molecule has 1 aliphatic heterocycles. The van der Waals surface area contributed by atoms with Crippen LogP contribution in [0.3, 0.4) is 0 Å². The Hall–Kier alpha value is -0.340. The molecule has 1 heterocycles. The number of epoxide rings is 1. The van der Waals surface area contributed by atoms with E-state index in [0.717, 1.165) is 30.3 Å². The molecular formula is C13H18O2. The van der Waals surface area contributed by atoms with Crippen LogP contribution in [0, 0.1) is 23.7 Å². The van der Waals surface area contributed by atoms with Gasteiger partial charge in [-0.1, -0.05) is 6.08 Å². The molecule has 2 bridgehead atoms. The molecule has 0 unspecified atom stereocenters. The lowest BCUT2D eigenvalue weighted by Gasteiger charge is -2.32.